The Kier molecular flexibility index (Phi) is 5.66. The third-order valence-electron chi connectivity index (χ3n) is 4.07. The molecule has 0 aliphatic rings. The molecule has 1 heterocycles. The van der Waals surface area contributed by atoms with Crippen molar-refractivity contribution in [1.29, 1.82) is 0 Å². The summed E-state index contributed by atoms with van der Waals surface area (Å²) in [6.07, 6.45) is 3.73. The lowest BCUT2D eigenvalue weighted by atomic mass is 10.1. The normalized spacial score (nSPS) is 10.7. The van der Waals surface area contributed by atoms with Crippen LogP contribution in [-0.2, 0) is 11.5 Å². The van der Waals surface area contributed by atoms with Crippen molar-refractivity contribution >= 4 is 11.8 Å². The molecule has 0 radical (unpaired) electrons. The van der Waals surface area contributed by atoms with Gasteiger partial charge in [0.1, 0.15) is 0 Å². The van der Waals surface area contributed by atoms with Crippen molar-refractivity contribution in [3.05, 3.63) is 71.5 Å². The minimum atomic E-state index is 0.781. The van der Waals surface area contributed by atoms with Crippen molar-refractivity contribution in [3.63, 3.8) is 0 Å². The summed E-state index contributed by atoms with van der Waals surface area (Å²) in [6.45, 7) is 2.11. The fourth-order valence-electron chi connectivity index (χ4n) is 2.62. The van der Waals surface area contributed by atoms with Gasteiger partial charge in [-0.15, -0.1) is 0 Å². The maximum atomic E-state index is 5.40. The van der Waals surface area contributed by atoms with Crippen molar-refractivity contribution in [2.24, 2.45) is 0 Å². The van der Waals surface area contributed by atoms with Crippen LogP contribution in [0.3, 0.4) is 0 Å². The van der Waals surface area contributed by atoms with E-state index < -0.39 is 0 Å². The van der Waals surface area contributed by atoms with Gasteiger partial charge in [-0.1, -0.05) is 12.1 Å². The zero-order valence-electron chi connectivity index (χ0n) is 14.7. The highest BCUT2D eigenvalue weighted by Gasteiger charge is 2.08. The number of rotatable bonds is 7. The molecular weight excluding hydrogens is 332 g/mol. The summed E-state index contributed by atoms with van der Waals surface area (Å²) in [5.41, 5.74) is 4.88. The second-order valence-electron chi connectivity index (χ2n) is 5.74. The van der Waals surface area contributed by atoms with Gasteiger partial charge in [-0.25, -0.2) is 4.68 Å². The average molecular weight is 354 g/mol. The molecule has 0 aliphatic heterocycles. The molecule has 130 valence electrons. The molecule has 1 aromatic heterocycles. The van der Waals surface area contributed by atoms with Gasteiger partial charge in [0.05, 0.1) is 19.9 Å². The van der Waals surface area contributed by atoms with Gasteiger partial charge in [0, 0.05) is 23.9 Å². The van der Waals surface area contributed by atoms with Crippen molar-refractivity contribution in [2.45, 2.75) is 18.4 Å². The number of aromatic nitrogens is 2. The molecule has 0 spiro atoms. The molecule has 0 saturated heterocycles. The molecular formula is C20H22N2O2S. The molecule has 3 aromatic rings. The van der Waals surface area contributed by atoms with Crippen LogP contribution in [0.5, 0.6) is 11.5 Å². The molecule has 0 bridgehead atoms. The third kappa shape index (κ3) is 4.17. The lowest BCUT2D eigenvalue weighted by molar-refractivity contribution is 0.354. The van der Waals surface area contributed by atoms with E-state index in [2.05, 4.69) is 42.4 Å². The van der Waals surface area contributed by atoms with Crippen LogP contribution in [0.25, 0.3) is 5.69 Å². The van der Waals surface area contributed by atoms with Crippen LogP contribution in [-0.4, -0.2) is 24.0 Å². The van der Waals surface area contributed by atoms with Crippen LogP contribution in [0, 0.1) is 6.92 Å². The van der Waals surface area contributed by atoms with Crippen LogP contribution in [0.15, 0.2) is 54.9 Å². The third-order valence-corrected chi connectivity index (χ3v) is 5.13. The fraction of sp³-hybridized carbons (Fsp3) is 0.250. The van der Waals surface area contributed by atoms with Crippen LogP contribution < -0.4 is 9.47 Å². The lowest BCUT2D eigenvalue weighted by Gasteiger charge is -2.12. The molecule has 0 atom stereocenters. The maximum absolute atomic E-state index is 5.40. The largest absolute Gasteiger partial charge is 0.493 e. The maximum Gasteiger partial charge on any atom is 0.161 e. The molecule has 25 heavy (non-hydrogen) atoms. The van der Waals surface area contributed by atoms with Gasteiger partial charge in [-0.3, -0.25) is 0 Å². The smallest absolute Gasteiger partial charge is 0.161 e. The van der Waals surface area contributed by atoms with Crippen LogP contribution in [0.4, 0.5) is 0 Å². The first kappa shape index (κ1) is 17.4. The van der Waals surface area contributed by atoms with Crippen molar-refractivity contribution < 1.29 is 9.47 Å². The Bertz CT molecular complexity index is 814. The molecule has 0 amide bonds. The number of methoxy groups -OCH3 is 2. The van der Waals surface area contributed by atoms with Crippen LogP contribution >= 0.6 is 11.8 Å². The van der Waals surface area contributed by atoms with E-state index in [1.54, 1.807) is 20.4 Å². The summed E-state index contributed by atoms with van der Waals surface area (Å²) in [5, 5.41) is 4.25. The standard InChI is InChI=1S/C20H22N2O2S/c1-15-11-19(23-2)20(24-3)12-17(15)14-25-13-16-5-7-18(8-6-16)22-10-4-9-21-22/h4-12H,13-14H2,1-3H3. The Morgan fingerprint density at radius 3 is 2.36 bits per heavy atom. The molecule has 0 saturated carbocycles. The van der Waals surface area contributed by atoms with Gasteiger partial charge < -0.3 is 9.47 Å². The number of aryl methyl sites for hydroxylation is 1. The molecule has 0 N–H and O–H groups in total. The highest BCUT2D eigenvalue weighted by molar-refractivity contribution is 7.97. The monoisotopic (exact) mass is 354 g/mol. The molecule has 0 unspecified atom stereocenters. The SMILES string of the molecule is COc1cc(C)c(CSCc2ccc(-n3cccn3)cc2)cc1OC. The van der Waals surface area contributed by atoms with Gasteiger partial charge in [0.2, 0.25) is 0 Å². The van der Waals surface area contributed by atoms with E-state index in [-0.39, 0.29) is 0 Å². The molecule has 5 heteroatoms. The number of hydrogen-bond acceptors (Lipinski definition) is 4. The zero-order chi connectivity index (χ0) is 17.6. The van der Waals surface area contributed by atoms with Gasteiger partial charge in [-0.2, -0.15) is 16.9 Å². The summed E-state index contributed by atoms with van der Waals surface area (Å²) in [7, 11) is 3.34. The van der Waals surface area contributed by atoms with E-state index in [1.165, 1.54) is 16.7 Å². The van der Waals surface area contributed by atoms with Crippen LogP contribution in [0.1, 0.15) is 16.7 Å². The van der Waals surface area contributed by atoms with E-state index >= 15 is 0 Å². The minimum Gasteiger partial charge on any atom is -0.493 e. The van der Waals surface area contributed by atoms with Gasteiger partial charge in [0.25, 0.3) is 0 Å². The van der Waals surface area contributed by atoms with Crippen molar-refractivity contribution in [2.75, 3.05) is 14.2 Å². The van der Waals surface area contributed by atoms with E-state index in [1.807, 2.05) is 34.8 Å². The Labute approximate surface area is 152 Å². The van der Waals surface area contributed by atoms with Crippen molar-refractivity contribution in [3.8, 4) is 17.2 Å². The number of nitrogens with zero attached hydrogens (tertiary/aromatic N) is 2. The summed E-state index contributed by atoms with van der Waals surface area (Å²) in [5.74, 6) is 3.47. The topological polar surface area (TPSA) is 36.3 Å². The minimum absolute atomic E-state index is 0.781. The molecule has 0 fully saturated rings. The number of benzene rings is 2. The summed E-state index contributed by atoms with van der Waals surface area (Å²) < 4.78 is 12.6. The Hall–Kier alpha value is -2.40. The van der Waals surface area contributed by atoms with E-state index in [0.717, 1.165) is 28.7 Å². The van der Waals surface area contributed by atoms with E-state index in [9.17, 15) is 0 Å². The Morgan fingerprint density at radius 2 is 1.72 bits per heavy atom. The fourth-order valence-corrected chi connectivity index (χ4v) is 3.68. The van der Waals surface area contributed by atoms with E-state index in [0.29, 0.717) is 0 Å². The molecule has 3 rings (SSSR count). The summed E-state index contributed by atoms with van der Waals surface area (Å²) in [6, 6.07) is 14.6. The first-order valence-corrected chi connectivity index (χ1v) is 9.25. The van der Waals surface area contributed by atoms with Gasteiger partial charge in [0.15, 0.2) is 11.5 Å². The first-order chi connectivity index (χ1) is 12.2. The Balaban J connectivity index is 1.61. The van der Waals surface area contributed by atoms with E-state index in [4.69, 9.17) is 9.47 Å². The highest BCUT2D eigenvalue weighted by Crippen LogP contribution is 2.32. The molecule has 4 nitrogen and oxygen atoms in total. The second-order valence-corrected chi connectivity index (χ2v) is 6.73. The lowest BCUT2D eigenvalue weighted by Crippen LogP contribution is -1.95. The second kappa shape index (κ2) is 8.12. The van der Waals surface area contributed by atoms with Gasteiger partial charge in [-0.05, 0) is 53.9 Å². The number of hydrogen-bond donors (Lipinski definition) is 0. The molecule has 2 aromatic carbocycles. The van der Waals surface area contributed by atoms with Crippen LogP contribution in [0.2, 0.25) is 0 Å². The number of ether oxygens (including phenoxy) is 2. The summed E-state index contributed by atoms with van der Waals surface area (Å²) >= 11 is 1.89. The predicted molar refractivity (Wildman–Crippen MR) is 103 cm³/mol. The van der Waals surface area contributed by atoms with Crippen molar-refractivity contribution in [1.82, 2.24) is 9.78 Å². The predicted octanol–water partition coefficient (Wildman–Crippen LogP) is 4.63. The zero-order valence-corrected chi connectivity index (χ0v) is 15.5. The number of thioether (sulfide) groups is 1. The molecule has 0 aliphatic carbocycles. The highest BCUT2D eigenvalue weighted by atomic mass is 32.2. The average Bonchev–Trinajstić information content (AvgIpc) is 3.18. The first-order valence-electron chi connectivity index (χ1n) is 8.09. The quantitative estimate of drug-likeness (QED) is 0.620. The van der Waals surface area contributed by atoms with Gasteiger partial charge >= 0.3 is 0 Å². The summed E-state index contributed by atoms with van der Waals surface area (Å²) in [4.78, 5) is 0. The Morgan fingerprint density at radius 1 is 1.00 bits per heavy atom.